The van der Waals surface area contributed by atoms with Gasteiger partial charge in [0.1, 0.15) is 5.75 Å². The second-order valence-electron chi connectivity index (χ2n) is 3.48. The Morgan fingerprint density at radius 2 is 2.14 bits per heavy atom. The van der Waals surface area contributed by atoms with E-state index in [0.29, 0.717) is 12.3 Å². The minimum atomic E-state index is 0.206. The zero-order valence-electron chi connectivity index (χ0n) is 8.87. The molecule has 0 fully saturated rings. The molecule has 1 aromatic carbocycles. The van der Waals surface area contributed by atoms with Gasteiger partial charge in [-0.2, -0.15) is 0 Å². The molecule has 1 rings (SSSR count). The molecule has 0 heterocycles. The lowest BCUT2D eigenvalue weighted by Gasteiger charge is -2.16. The van der Waals surface area contributed by atoms with Crippen LogP contribution < -0.4 is 5.73 Å². The van der Waals surface area contributed by atoms with Crippen molar-refractivity contribution in [1.82, 2.24) is 0 Å². The SMILES string of the molecule is CSc1ccc(C)c(O)c1C(C)CN. The number of hydrogen-bond donors (Lipinski definition) is 2. The summed E-state index contributed by atoms with van der Waals surface area (Å²) in [5.74, 6) is 0.604. The van der Waals surface area contributed by atoms with Gasteiger partial charge in [-0.1, -0.05) is 13.0 Å². The van der Waals surface area contributed by atoms with Gasteiger partial charge < -0.3 is 10.8 Å². The summed E-state index contributed by atoms with van der Waals surface area (Å²) < 4.78 is 0. The molecule has 0 saturated carbocycles. The predicted molar refractivity (Wildman–Crippen MR) is 62.1 cm³/mol. The molecule has 1 unspecified atom stereocenters. The zero-order chi connectivity index (χ0) is 10.7. The van der Waals surface area contributed by atoms with E-state index < -0.39 is 0 Å². The first-order chi connectivity index (χ1) is 6.61. The monoisotopic (exact) mass is 211 g/mol. The van der Waals surface area contributed by atoms with Crippen LogP contribution in [0, 0.1) is 6.92 Å². The Labute approximate surface area is 89.5 Å². The van der Waals surface area contributed by atoms with Gasteiger partial charge in [0.2, 0.25) is 0 Å². The summed E-state index contributed by atoms with van der Waals surface area (Å²) in [6, 6.07) is 3.98. The molecular weight excluding hydrogens is 194 g/mol. The van der Waals surface area contributed by atoms with Crippen molar-refractivity contribution in [3.05, 3.63) is 23.3 Å². The quantitative estimate of drug-likeness (QED) is 0.755. The fourth-order valence-electron chi connectivity index (χ4n) is 1.47. The van der Waals surface area contributed by atoms with E-state index in [-0.39, 0.29) is 5.92 Å². The standard InChI is InChI=1S/C11H17NOS/c1-7-4-5-9(14-3)10(11(7)13)8(2)6-12/h4-5,8,13H,6,12H2,1-3H3. The van der Waals surface area contributed by atoms with Gasteiger partial charge in [-0.25, -0.2) is 0 Å². The molecule has 78 valence electrons. The number of benzene rings is 1. The van der Waals surface area contributed by atoms with E-state index in [1.807, 2.05) is 32.2 Å². The van der Waals surface area contributed by atoms with Gasteiger partial charge in [-0.15, -0.1) is 11.8 Å². The van der Waals surface area contributed by atoms with E-state index in [9.17, 15) is 5.11 Å². The van der Waals surface area contributed by atoms with Crippen LogP contribution >= 0.6 is 11.8 Å². The molecule has 0 spiro atoms. The molecule has 14 heavy (non-hydrogen) atoms. The van der Waals surface area contributed by atoms with E-state index in [1.165, 1.54) is 0 Å². The number of thioether (sulfide) groups is 1. The van der Waals surface area contributed by atoms with Crippen molar-refractivity contribution in [2.75, 3.05) is 12.8 Å². The van der Waals surface area contributed by atoms with Crippen LogP contribution in [0.15, 0.2) is 17.0 Å². The summed E-state index contributed by atoms with van der Waals surface area (Å²) in [6.45, 7) is 4.50. The summed E-state index contributed by atoms with van der Waals surface area (Å²) in [5, 5.41) is 9.94. The maximum Gasteiger partial charge on any atom is 0.123 e. The van der Waals surface area contributed by atoms with Crippen LogP contribution in [0.2, 0.25) is 0 Å². The van der Waals surface area contributed by atoms with E-state index in [1.54, 1.807) is 11.8 Å². The molecule has 1 atom stereocenters. The minimum absolute atomic E-state index is 0.206. The highest BCUT2D eigenvalue weighted by Gasteiger charge is 2.15. The fraction of sp³-hybridized carbons (Fsp3) is 0.455. The molecule has 0 amide bonds. The molecule has 0 saturated heterocycles. The topological polar surface area (TPSA) is 46.2 Å². The van der Waals surface area contributed by atoms with Crippen molar-refractivity contribution in [3.63, 3.8) is 0 Å². The van der Waals surface area contributed by atoms with Gasteiger partial charge >= 0.3 is 0 Å². The van der Waals surface area contributed by atoms with Gasteiger partial charge in [0.25, 0.3) is 0 Å². The Morgan fingerprint density at radius 3 is 2.64 bits per heavy atom. The Morgan fingerprint density at radius 1 is 1.50 bits per heavy atom. The number of phenols is 1. The number of phenolic OH excluding ortho intramolecular Hbond substituents is 1. The highest BCUT2D eigenvalue weighted by atomic mass is 32.2. The summed E-state index contributed by atoms with van der Waals surface area (Å²) in [4.78, 5) is 1.12. The minimum Gasteiger partial charge on any atom is -0.507 e. The van der Waals surface area contributed by atoms with E-state index >= 15 is 0 Å². The molecule has 2 nitrogen and oxygen atoms in total. The van der Waals surface area contributed by atoms with Crippen LogP contribution in [0.1, 0.15) is 24.0 Å². The lowest BCUT2D eigenvalue weighted by molar-refractivity contribution is 0.456. The third-order valence-electron chi connectivity index (χ3n) is 2.45. The number of hydrogen-bond acceptors (Lipinski definition) is 3. The first-order valence-electron chi connectivity index (χ1n) is 4.68. The molecule has 0 aliphatic carbocycles. The van der Waals surface area contributed by atoms with Crippen LogP contribution in [-0.2, 0) is 0 Å². The van der Waals surface area contributed by atoms with Gasteiger partial charge in [0.15, 0.2) is 0 Å². The molecule has 0 aromatic heterocycles. The molecular formula is C11H17NOS. The van der Waals surface area contributed by atoms with E-state index in [2.05, 4.69) is 0 Å². The van der Waals surface area contributed by atoms with E-state index in [0.717, 1.165) is 16.0 Å². The number of aromatic hydroxyl groups is 1. The van der Waals surface area contributed by atoms with Crippen molar-refractivity contribution >= 4 is 11.8 Å². The fourth-order valence-corrected chi connectivity index (χ4v) is 2.19. The Balaban J connectivity index is 3.27. The zero-order valence-corrected chi connectivity index (χ0v) is 9.69. The summed E-state index contributed by atoms with van der Waals surface area (Å²) in [5.41, 5.74) is 7.53. The number of rotatable bonds is 3. The van der Waals surface area contributed by atoms with Crippen molar-refractivity contribution < 1.29 is 5.11 Å². The second kappa shape index (κ2) is 4.71. The van der Waals surface area contributed by atoms with Crippen LogP contribution in [-0.4, -0.2) is 17.9 Å². The van der Waals surface area contributed by atoms with Gasteiger partial charge in [-0.3, -0.25) is 0 Å². The Hall–Kier alpha value is -0.670. The average molecular weight is 211 g/mol. The van der Waals surface area contributed by atoms with Crippen molar-refractivity contribution in [2.45, 2.75) is 24.7 Å². The third kappa shape index (κ3) is 2.04. The van der Waals surface area contributed by atoms with Gasteiger partial charge in [-0.05, 0) is 37.3 Å². The van der Waals surface area contributed by atoms with Crippen molar-refractivity contribution in [2.24, 2.45) is 5.73 Å². The molecule has 1 aromatic rings. The highest BCUT2D eigenvalue weighted by Crippen LogP contribution is 2.36. The largest absolute Gasteiger partial charge is 0.507 e. The Bertz CT molecular complexity index is 325. The summed E-state index contributed by atoms with van der Waals surface area (Å²) >= 11 is 1.65. The van der Waals surface area contributed by atoms with E-state index in [4.69, 9.17) is 5.73 Å². The molecule has 0 aliphatic heterocycles. The molecule has 0 bridgehead atoms. The Kier molecular flexibility index (Phi) is 3.84. The summed E-state index contributed by atoms with van der Waals surface area (Å²) in [6.07, 6.45) is 2.01. The lowest BCUT2D eigenvalue weighted by Crippen LogP contribution is -2.10. The first kappa shape index (κ1) is 11.4. The van der Waals surface area contributed by atoms with Gasteiger partial charge in [0.05, 0.1) is 0 Å². The first-order valence-corrected chi connectivity index (χ1v) is 5.90. The van der Waals surface area contributed by atoms with Crippen molar-refractivity contribution in [1.29, 1.82) is 0 Å². The van der Waals surface area contributed by atoms with Crippen LogP contribution in [0.25, 0.3) is 0 Å². The maximum atomic E-state index is 9.94. The molecule has 3 N–H and O–H groups in total. The third-order valence-corrected chi connectivity index (χ3v) is 3.24. The van der Waals surface area contributed by atoms with Crippen molar-refractivity contribution in [3.8, 4) is 5.75 Å². The van der Waals surface area contributed by atoms with Crippen LogP contribution in [0.3, 0.4) is 0 Å². The predicted octanol–water partition coefficient (Wildman–Crippen LogP) is 2.48. The van der Waals surface area contributed by atoms with Crippen LogP contribution in [0.5, 0.6) is 5.75 Å². The second-order valence-corrected chi connectivity index (χ2v) is 4.33. The molecule has 0 aliphatic rings. The van der Waals surface area contributed by atoms with Gasteiger partial charge in [0, 0.05) is 10.5 Å². The number of aryl methyl sites for hydroxylation is 1. The lowest BCUT2D eigenvalue weighted by atomic mass is 9.98. The smallest absolute Gasteiger partial charge is 0.123 e. The molecule has 0 radical (unpaired) electrons. The maximum absolute atomic E-state index is 9.94. The molecule has 3 heteroatoms. The number of nitrogens with two attached hydrogens (primary N) is 1. The normalized spacial score (nSPS) is 12.9. The summed E-state index contributed by atoms with van der Waals surface area (Å²) in [7, 11) is 0. The average Bonchev–Trinajstić information content (AvgIpc) is 2.20. The van der Waals surface area contributed by atoms with Crippen LogP contribution in [0.4, 0.5) is 0 Å². The highest BCUT2D eigenvalue weighted by molar-refractivity contribution is 7.98.